The maximum Gasteiger partial charge on any atom is 0.254 e. The number of aliphatic hydroxyl groups is 1. The molecule has 0 saturated carbocycles. The van der Waals surface area contributed by atoms with Crippen molar-refractivity contribution in [2.24, 2.45) is 11.1 Å². The fraction of sp³-hybridized carbons (Fsp3) is 0.429. The van der Waals surface area contributed by atoms with Gasteiger partial charge in [-0.2, -0.15) is 0 Å². The molecule has 2 aliphatic rings. The van der Waals surface area contributed by atoms with Gasteiger partial charge in [-0.25, -0.2) is 0 Å². The summed E-state index contributed by atoms with van der Waals surface area (Å²) in [5.41, 5.74) is 6.74. The first-order valence-electron chi connectivity index (χ1n) is 9.30. The van der Waals surface area contributed by atoms with Crippen molar-refractivity contribution in [3.8, 4) is 5.75 Å². The minimum absolute atomic E-state index is 0.231. The van der Waals surface area contributed by atoms with Crippen molar-refractivity contribution < 1.29 is 24.2 Å². The number of carbonyl (C=O) groups is 2. The summed E-state index contributed by atoms with van der Waals surface area (Å²) in [7, 11) is 3.11. The van der Waals surface area contributed by atoms with Gasteiger partial charge in [0, 0.05) is 13.0 Å². The van der Waals surface area contributed by atoms with E-state index in [0.717, 1.165) is 11.1 Å². The minimum atomic E-state index is -0.981. The van der Waals surface area contributed by atoms with Gasteiger partial charge in [0.15, 0.2) is 0 Å². The molecule has 0 radical (unpaired) electrons. The van der Waals surface area contributed by atoms with Crippen LogP contribution in [0.15, 0.2) is 47.2 Å². The monoisotopic (exact) mass is 386 g/mol. The topological polar surface area (TPSA) is 111 Å². The van der Waals surface area contributed by atoms with Crippen LogP contribution >= 0.6 is 0 Å². The summed E-state index contributed by atoms with van der Waals surface area (Å²) in [6, 6.07) is 7.49. The van der Waals surface area contributed by atoms with Crippen LogP contribution in [0, 0.1) is 5.41 Å². The highest BCUT2D eigenvalue weighted by atomic mass is 16.5. The number of methoxy groups -OCH3 is 1. The molecule has 0 saturated heterocycles. The Balaban J connectivity index is 2.17. The summed E-state index contributed by atoms with van der Waals surface area (Å²) in [5, 5.41) is 12.6. The van der Waals surface area contributed by atoms with E-state index in [1.165, 1.54) is 7.05 Å². The van der Waals surface area contributed by atoms with Crippen LogP contribution < -0.4 is 15.8 Å². The molecule has 7 heteroatoms. The van der Waals surface area contributed by atoms with E-state index >= 15 is 0 Å². The van der Waals surface area contributed by atoms with Crippen LogP contribution in [0.3, 0.4) is 0 Å². The Kier molecular flexibility index (Phi) is 5.47. The maximum absolute atomic E-state index is 12.5. The van der Waals surface area contributed by atoms with Crippen LogP contribution in [0.4, 0.5) is 0 Å². The van der Waals surface area contributed by atoms with Crippen molar-refractivity contribution in [2.45, 2.75) is 31.8 Å². The van der Waals surface area contributed by atoms with Crippen molar-refractivity contribution in [2.75, 3.05) is 20.8 Å². The van der Waals surface area contributed by atoms with Crippen LogP contribution in [-0.2, 0) is 14.3 Å². The normalized spacial score (nSPS) is 26.2. The lowest BCUT2D eigenvalue weighted by atomic mass is 9.69. The Morgan fingerprint density at radius 3 is 2.75 bits per heavy atom. The van der Waals surface area contributed by atoms with Gasteiger partial charge in [0.1, 0.15) is 17.6 Å². The predicted octanol–water partition coefficient (Wildman–Crippen LogP) is 1.38. The predicted molar refractivity (Wildman–Crippen MR) is 103 cm³/mol. The van der Waals surface area contributed by atoms with Gasteiger partial charge in [0.05, 0.1) is 24.7 Å². The summed E-state index contributed by atoms with van der Waals surface area (Å²) in [6.07, 6.45) is 1.85. The lowest BCUT2D eigenvalue weighted by Gasteiger charge is -2.32. The molecule has 4 N–H and O–H groups in total. The highest BCUT2D eigenvalue weighted by Gasteiger charge is 2.48. The molecule has 1 heterocycles. The molecule has 28 heavy (non-hydrogen) atoms. The van der Waals surface area contributed by atoms with Crippen molar-refractivity contribution >= 4 is 11.8 Å². The van der Waals surface area contributed by atoms with E-state index < -0.39 is 17.4 Å². The van der Waals surface area contributed by atoms with Gasteiger partial charge in [-0.1, -0.05) is 25.1 Å². The number of rotatable bonds is 6. The Bertz CT molecular complexity index is 860. The number of benzene rings is 1. The minimum Gasteiger partial charge on any atom is -0.497 e. The molecular formula is C21H26N2O5. The standard InChI is InChI=1S/C21H26N2O5/c1-4-21(20(22)26)9-14-17(12-6-5-7-13(8-12)27-3)16(11-24)28-18(14)15(10-21)19(25)23-2/h5-8,10,16-17,24H,4,9,11H2,1-3H3,(H2,22,26)(H,23,25). The largest absolute Gasteiger partial charge is 0.497 e. The lowest BCUT2D eigenvalue weighted by Crippen LogP contribution is -2.39. The van der Waals surface area contributed by atoms with Crippen molar-refractivity contribution in [3.63, 3.8) is 0 Å². The quantitative estimate of drug-likeness (QED) is 0.684. The number of likely N-dealkylation sites (N-methyl/N-ethyl adjacent to an activating group) is 1. The van der Waals surface area contributed by atoms with Crippen LogP contribution in [0.1, 0.15) is 31.2 Å². The molecule has 0 bridgehead atoms. The molecule has 3 rings (SSSR count). The number of hydrogen-bond acceptors (Lipinski definition) is 5. The van der Waals surface area contributed by atoms with E-state index in [1.54, 1.807) is 13.2 Å². The Labute approximate surface area is 164 Å². The average Bonchev–Trinajstić information content (AvgIpc) is 3.10. The molecule has 3 atom stereocenters. The fourth-order valence-electron chi connectivity index (χ4n) is 4.08. The number of amides is 2. The second kappa shape index (κ2) is 7.67. The highest BCUT2D eigenvalue weighted by Crippen LogP contribution is 2.51. The fourth-order valence-corrected chi connectivity index (χ4v) is 4.08. The van der Waals surface area contributed by atoms with Crippen LogP contribution in [0.25, 0.3) is 0 Å². The highest BCUT2D eigenvalue weighted by molar-refractivity contribution is 6.00. The third-order valence-electron chi connectivity index (χ3n) is 5.71. The zero-order valence-electron chi connectivity index (χ0n) is 16.3. The summed E-state index contributed by atoms with van der Waals surface area (Å²) >= 11 is 0. The summed E-state index contributed by atoms with van der Waals surface area (Å²) in [5.74, 6) is -0.0444. The van der Waals surface area contributed by atoms with E-state index in [9.17, 15) is 14.7 Å². The zero-order chi connectivity index (χ0) is 20.5. The number of ether oxygens (including phenoxy) is 2. The number of carbonyl (C=O) groups excluding carboxylic acids is 2. The molecule has 150 valence electrons. The first-order valence-corrected chi connectivity index (χ1v) is 9.30. The van der Waals surface area contributed by atoms with Crippen molar-refractivity contribution in [3.05, 3.63) is 52.8 Å². The number of nitrogens with two attached hydrogens (primary N) is 1. The molecule has 0 fully saturated rings. The van der Waals surface area contributed by atoms with Gasteiger partial charge in [-0.3, -0.25) is 9.59 Å². The van der Waals surface area contributed by atoms with Crippen LogP contribution in [0.5, 0.6) is 5.75 Å². The molecule has 2 amide bonds. The first-order chi connectivity index (χ1) is 13.4. The third kappa shape index (κ3) is 3.16. The van der Waals surface area contributed by atoms with Gasteiger partial charge < -0.3 is 25.6 Å². The number of nitrogens with one attached hydrogen (secondary N) is 1. The molecular weight excluding hydrogens is 360 g/mol. The number of hydrogen-bond donors (Lipinski definition) is 3. The second-order valence-corrected chi connectivity index (χ2v) is 7.14. The van der Waals surface area contributed by atoms with Gasteiger partial charge in [0.2, 0.25) is 5.91 Å². The Morgan fingerprint density at radius 1 is 1.43 bits per heavy atom. The third-order valence-corrected chi connectivity index (χ3v) is 5.71. The van der Waals surface area contributed by atoms with E-state index in [2.05, 4.69) is 5.32 Å². The van der Waals surface area contributed by atoms with E-state index in [-0.39, 0.29) is 24.0 Å². The van der Waals surface area contributed by atoms with Gasteiger partial charge >= 0.3 is 0 Å². The van der Waals surface area contributed by atoms with Crippen LogP contribution in [-0.4, -0.2) is 43.8 Å². The smallest absolute Gasteiger partial charge is 0.254 e. The molecule has 1 aromatic rings. The molecule has 1 aromatic carbocycles. The van der Waals surface area contributed by atoms with Gasteiger partial charge in [0.25, 0.3) is 5.91 Å². The zero-order valence-corrected chi connectivity index (χ0v) is 16.3. The van der Waals surface area contributed by atoms with Crippen molar-refractivity contribution in [1.82, 2.24) is 5.32 Å². The maximum atomic E-state index is 12.5. The summed E-state index contributed by atoms with van der Waals surface area (Å²) in [4.78, 5) is 24.9. The van der Waals surface area contributed by atoms with E-state index in [0.29, 0.717) is 24.4 Å². The van der Waals surface area contributed by atoms with Crippen LogP contribution in [0.2, 0.25) is 0 Å². The molecule has 1 aliphatic carbocycles. The summed E-state index contributed by atoms with van der Waals surface area (Å²) in [6.45, 7) is 1.64. The second-order valence-electron chi connectivity index (χ2n) is 7.14. The van der Waals surface area contributed by atoms with Gasteiger partial charge in [-0.15, -0.1) is 0 Å². The van der Waals surface area contributed by atoms with Crippen molar-refractivity contribution in [1.29, 1.82) is 0 Å². The van der Waals surface area contributed by atoms with E-state index in [1.807, 2.05) is 31.2 Å². The van der Waals surface area contributed by atoms with Gasteiger partial charge in [-0.05, 0) is 36.1 Å². The summed E-state index contributed by atoms with van der Waals surface area (Å²) < 4.78 is 11.3. The molecule has 7 nitrogen and oxygen atoms in total. The SMILES string of the molecule is CCC1(C(N)=O)C=C(C(=O)NC)C2=C(C1)C(c1cccc(OC)c1)C(CO)O2. The molecule has 0 spiro atoms. The molecule has 3 unspecified atom stereocenters. The molecule has 1 aliphatic heterocycles. The Morgan fingerprint density at radius 2 is 2.18 bits per heavy atom. The average molecular weight is 386 g/mol. The molecule has 0 aromatic heterocycles. The number of primary amides is 1. The lowest BCUT2D eigenvalue weighted by molar-refractivity contribution is -0.125. The van der Waals surface area contributed by atoms with E-state index in [4.69, 9.17) is 15.2 Å². The first kappa shape index (κ1) is 19.9. The Hall–Kier alpha value is -2.80. The number of aliphatic hydroxyl groups excluding tert-OH is 1.